The van der Waals surface area contributed by atoms with E-state index in [2.05, 4.69) is 16.8 Å². The van der Waals surface area contributed by atoms with Crippen LogP contribution in [0.5, 0.6) is 0 Å². The van der Waals surface area contributed by atoms with Gasteiger partial charge in [-0.2, -0.15) is 0 Å². The fourth-order valence-corrected chi connectivity index (χ4v) is 2.33. The van der Waals surface area contributed by atoms with Gasteiger partial charge in [-0.1, -0.05) is 18.2 Å². The van der Waals surface area contributed by atoms with Crippen LogP contribution in [0.25, 0.3) is 0 Å². The molecule has 0 bridgehead atoms. The van der Waals surface area contributed by atoms with Crippen LogP contribution in [0, 0.1) is 5.82 Å². The van der Waals surface area contributed by atoms with Crippen molar-refractivity contribution in [2.45, 2.75) is 12.6 Å². The highest BCUT2D eigenvalue weighted by Crippen LogP contribution is 2.14. The molecule has 1 atom stereocenters. The molecule has 3 nitrogen and oxygen atoms in total. The minimum atomic E-state index is -0.123. The summed E-state index contributed by atoms with van der Waals surface area (Å²) in [4.78, 5) is 4.55. The molecule has 0 spiro atoms. The summed E-state index contributed by atoms with van der Waals surface area (Å²) < 4.78 is 13.6. The largest absolute Gasteiger partial charge is 0.329 e. The fourth-order valence-electron chi connectivity index (χ4n) is 2.33. The maximum absolute atomic E-state index is 13.6. The molecule has 1 aromatic rings. The molecule has 4 heteroatoms. The first kappa shape index (κ1) is 12.5. The maximum Gasteiger partial charge on any atom is 0.127 e. The second-order valence-corrected chi connectivity index (χ2v) is 4.71. The Labute approximate surface area is 102 Å². The lowest BCUT2D eigenvalue weighted by atomic mass is 10.1. The van der Waals surface area contributed by atoms with Crippen molar-refractivity contribution in [3.8, 4) is 0 Å². The Kier molecular flexibility index (Phi) is 4.10. The van der Waals surface area contributed by atoms with Gasteiger partial charge >= 0.3 is 0 Å². The monoisotopic (exact) mass is 237 g/mol. The van der Waals surface area contributed by atoms with Crippen LogP contribution in [0.15, 0.2) is 24.3 Å². The van der Waals surface area contributed by atoms with E-state index in [0.717, 1.165) is 25.2 Å². The number of likely N-dealkylation sites (N-methyl/N-ethyl adjacent to an activating group) is 1. The minimum Gasteiger partial charge on any atom is -0.329 e. The van der Waals surface area contributed by atoms with Gasteiger partial charge in [-0.05, 0) is 13.1 Å². The third-order valence-corrected chi connectivity index (χ3v) is 3.41. The zero-order chi connectivity index (χ0) is 12.3. The van der Waals surface area contributed by atoms with Gasteiger partial charge in [0.15, 0.2) is 0 Å². The van der Waals surface area contributed by atoms with Gasteiger partial charge in [0.25, 0.3) is 0 Å². The van der Waals surface area contributed by atoms with E-state index in [4.69, 9.17) is 5.73 Å². The number of benzene rings is 1. The van der Waals surface area contributed by atoms with Crippen LogP contribution >= 0.6 is 0 Å². The van der Waals surface area contributed by atoms with Crippen LogP contribution < -0.4 is 5.73 Å². The average molecular weight is 237 g/mol. The van der Waals surface area contributed by atoms with Gasteiger partial charge in [0.2, 0.25) is 0 Å². The summed E-state index contributed by atoms with van der Waals surface area (Å²) in [6.45, 7) is 4.21. The van der Waals surface area contributed by atoms with Crippen molar-refractivity contribution in [2.75, 3.05) is 33.2 Å². The Morgan fingerprint density at radius 2 is 2.12 bits per heavy atom. The van der Waals surface area contributed by atoms with E-state index >= 15 is 0 Å². The molecular weight excluding hydrogens is 217 g/mol. The summed E-state index contributed by atoms with van der Waals surface area (Å²) >= 11 is 0. The molecule has 1 aromatic carbocycles. The number of rotatable bonds is 3. The summed E-state index contributed by atoms with van der Waals surface area (Å²) in [6.07, 6.45) is 0. The van der Waals surface area contributed by atoms with Crippen molar-refractivity contribution < 1.29 is 4.39 Å². The Bertz CT molecular complexity index is 369. The minimum absolute atomic E-state index is 0.123. The molecule has 0 saturated carbocycles. The van der Waals surface area contributed by atoms with Crippen molar-refractivity contribution in [1.29, 1.82) is 0 Å². The van der Waals surface area contributed by atoms with E-state index in [1.165, 1.54) is 6.07 Å². The first-order valence-corrected chi connectivity index (χ1v) is 6.06. The van der Waals surface area contributed by atoms with Gasteiger partial charge in [-0.3, -0.25) is 4.90 Å². The second kappa shape index (κ2) is 5.58. The fraction of sp³-hybridized carbons (Fsp3) is 0.538. The molecule has 1 aliphatic heterocycles. The van der Waals surface area contributed by atoms with Crippen LogP contribution in [0.4, 0.5) is 4.39 Å². The first-order chi connectivity index (χ1) is 8.20. The predicted molar refractivity (Wildman–Crippen MR) is 67.1 cm³/mol. The van der Waals surface area contributed by atoms with Gasteiger partial charge in [0.05, 0.1) is 0 Å². The van der Waals surface area contributed by atoms with Crippen LogP contribution in [0.1, 0.15) is 5.56 Å². The molecule has 2 N–H and O–H groups in total. The molecule has 0 radical (unpaired) electrons. The van der Waals surface area contributed by atoms with Gasteiger partial charge < -0.3 is 10.6 Å². The summed E-state index contributed by atoms with van der Waals surface area (Å²) in [5.41, 5.74) is 6.55. The number of hydrogen-bond donors (Lipinski definition) is 1. The zero-order valence-corrected chi connectivity index (χ0v) is 10.3. The smallest absolute Gasteiger partial charge is 0.127 e. The summed E-state index contributed by atoms with van der Waals surface area (Å²) in [5, 5.41) is 0. The maximum atomic E-state index is 13.6. The number of nitrogens with two attached hydrogens (primary N) is 1. The predicted octanol–water partition coefficient (Wildman–Crippen LogP) is 0.900. The van der Waals surface area contributed by atoms with Crippen LogP contribution in [0.3, 0.4) is 0 Å². The van der Waals surface area contributed by atoms with E-state index in [1.807, 2.05) is 12.1 Å². The molecule has 2 rings (SSSR count). The number of nitrogens with zero attached hydrogens (tertiary/aromatic N) is 2. The highest BCUT2D eigenvalue weighted by molar-refractivity contribution is 5.17. The lowest BCUT2D eigenvalue weighted by molar-refractivity contribution is 0.0871. The van der Waals surface area contributed by atoms with E-state index in [9.17, 15) is 4.39 Å². The van der Waals surface area contributed by atoms with Crippen LogP contribution in [-0.2, 0) is 6.54 Å². The number of hydrogen-bond acceptors (Lipinski definition) is 3. The Hall–Kier alpha value is -0.970. The number of halogens is 1. The average Bonchev–Trinajstić information content (AvgIpc) is 2.34. The van der Waals surface area contributed by atoms with Crippen molar-refractivity contribution >= 4 is 0 Å². The van der Waals surface area contributed by atoms with Gasteiger partial charge in [-0.25, -0.2) is 4.39 Å². The van der Waals surface area contributed by atoms with Crippen molar-refractivity contribution in [1.82, 2.24) is 9.80 Å². The Morgan fingerprint density at radius 3 is 2.82 bits per heavy atom. The van der Waals surface area contributed by atoms with Crippen molar-refractivity contribution in [3.05, 3.63) is 35.6 Å². The molecular formula is C13H20FN3. The topological polar surface area (TPSA) is 32.5 Å². The quantitative estimate of drug-likeness (QED) is 0.848. The van der Waals surface area contributed by atoms with E-state index in [1.54, 1.807) is 6.07 Å². The number of piperazine rings is 1. The summed E-state index contributed by atoms with van der Waals surface area (Å²) in [6, 6.07) is 7.30. The Morgan fingerprint density at radius 1 is 1.35 bits per heavy atom. The van der Waals surface area contributed by atoms with E-state index in [-0.39, 0.29) is 5.82 Å². The molecule has 0 aromatic heterocycles. The van der Waals surface area contributed by atoms with E-state index in [0.29, 0.717) is 19.1 Å². The third-order valence-electron chi connectivity index (χ3n) is 3.41. The van der Waals surface area contributed by atoms with Gasteiger partial charge in [-0.15, -0.1) is 0 Å². The summed E-state index contributed by atoms with van der Waals surface area (Å²) in [7, 11) is 2.10. The molecule has 94 valence electrons. The molecule has 17 heavy (non-hydrogen) atoms. The van der Waals surface area contributed by atoms with Gasteiger partial charge in [0, 0.05) is 44.3 Å². The SMILES string of the molecule is CN1CCN(Cc2ccccc2F)C(CN)C1. The molecule has 0 amide bonds. The lowest BCUT2D eigenvalue weighted by Gasteiger charge is -2.39. The molecule has 1 heterocycles. The first-order valence-electron chi connectivity index (χ1n) is 6.06. The zero-order valence-electron chi connectivity index (χ0n) is 10.3. The lowest BCUT2D eigenvalue weighted by Crippen LogP contribution is -2.54. The third kappa shape index (κ3) is 3.03. The van der Waals surface area contributed by atoms with Crippen LogP contribution in [-0.4, -0.2) is 49.1 Å². The molecule has 1 unspecified atom stereocenters. The summed E-state index contributed by atoms with van der Waals surface area (Å²) in [5.74, 6) is -0.123. The van der Waals surface area contributed by atoms with Gasteiger partial charge in [0.1, 0.15) is 5.82 Å². The second-order valence-electron chi connectivity index (χ2n) is 4.71. The van der Waals surface area contributed by atoms with Crippen molar-refractivity contribution in [2.24, 2.45) is 5.73 Å². The molecule has 1 fully saturated rings. The van der Waals surface area contributed by atoms with Crippen LogP contribution in [0.2, 0.25) is 0 Å². The molecule has 1 saturated heterocycles. The highest BCUT2D eigenvalue weighted by Gasteiger charge is 2.24. The molecule has 1 aliphatic rings. The standard InChI is InChI=1S/C13H20FN3/c1-16-6-7-17(12(8-15)10-16)9-11-4-2-3-5-13(11)14/h2-5,12H,6-10,15H2,1H3. The highest BCUT2D eigenvalue weighted by atomic mass is 19.1. The van der Waals surface area contributed by atoms with E-state index < -0.39 is 0 Å². The van der Waals surface area contributed by atoms with Crippen molar-refractivity contribution in [3.63, 3.8) is 0 Å². The normalized spacial score (nSPS) is 22.9. The Balaban J connectivity index is 2.05. The molecule has 0 aliphatic carbocycles.